The average Bonchev–Trinajstić information content (AvgIpc) is 3.01. The third-order valence-electron chi connectivity index (χ3n) is 8.16. The highest BCUT2D eigenvalue weighted by Crippen LogP contribution is 2.45. The van der Waals surface area contributed by atoms with Crippen molar-refractivity contribution in [2.45, 2.75) is 13.8 Å². The van der Waals surface area contributed by atoms with Gasteiger partial charge in [0.25, 0.3) is 6.71 Å². The topological polar surface area (TPSA) is 18.5 Å². The van der Waals surface area contributed by atoms with Crippen LogP contribution in [0.2, 0.25) is 0 Å². The summed E-state index contributed by atoms with van der Waals surface area (Å²) in [6.07, 6.45) is 0. The summed E-state index contributed by atoms with van der Waals surface area (Å²) in [5, 5.41) is 7.69. The molecule has 39 heavy (non-hydrogen) atoms. The third-order valence-corrected chi connectivity index (χ3v) is 8.16. The highest BCUT2D eigenvalue weighted by molar-refractivity contribution is 6.98. The summed E-state index contributed by atoms with van der Waals surface area (Å²) >= 11 is 0. The highest BCUT2D eigenvalue weighted by atomic mass is 16.5. The molecule has 0 amide bonds. The van der Waals surface area contributed by atoms with Crippen LogP contribution in [0.25, 0.3) is 43.4 Å². The molecular formula is C36H25BO2. The van der Waals surface area contributed by atoms with E-state index >= 15 is 0 Å². The van der Waals surface area contributed by atoms with Gasteiger partial charge in [0.05, 0.1) is 0 Å². The second-order valence-corrected chi connectivity index (χ2v) is 10.0. The van der Waals surface area contributed by atoms with E-state index in [4.69, 9.17) is 9.47 Å². The van der Waals surface area contributed by atoms with Crippen LogP contribution in [-0.4, -0.2) is 6.71 Å². The van der Waals surface area contributed by atoms with Crippen LogP contribution in [0.4, 0.5) is 0 Å². The molecule has 184 valence electrons. The molecule has 2 heterocycles. The lowest BCUT2D eigenvalue weighted by Gasteiger charge is -2.34. The van der Waals surface area contributed by atoms with Gasteiger partial charge >= 0.3 is 0 Å². The molecule has 0 spiro atoms. The molecule has 7 aromatic carbocycles. The normalized spacial score (nSPS) is 12.7. The Morgan fingerprint density at radius 2 is 1.05 bits per heavy atom. The minimum Gasteiger partial charge on any atom is -0.458 e. The summed E-state index contributed by atoms with van der Waals surface area (Å²) in [4.78, 5) is 0. The lowest BCUT2D eigenvalue weighted by Crippen LogP contribution is -2.57. The number of hydrogen-bond donors (Lipinski definition) is 0. The molecular weight excluding hydrogens is 475 g/mol. The Morgan fingerprint density at radius 1 is 0.462 bits per heavy atom. The third kappa shape index (κ3) is 3.04. The van der Waals surface area contributed by atoms with E-state index in [0.717, 1.165) is 34.0 Å². The van der Waals surface area contributed by atoms with Gasteiger partial charge in [0, 0.05) is 11.0 Å². The molecule has 0 radical (unpaired) electrons. The fourth-order valence-electron chi connectivity index (χ4n) is 6.57. The standard InChI is InChI=1S/C34H19BO2.C2H6/c1-3-10-28-26(8-1)35-27-9-2-4-11-29(27)37-34-25(18-19-30(36-28)33(34)35)23-16-14-22-13-12-20-6-5-7-21-15-17-24(23)32(22)31(20)21;1-2/h1-19H;1-2H3. The first kappa shape index (κ1) is 22.2. The van der Waals surface area contributed by atoms with Crippen LogP contribution in [0, 0.1) is 0 Å². The van der Waals surface area contributed by atoms with Crippen LogP contribution in [0.5, 0.6) is 23.0 Å². The summed E-state index contributed by atoms with van der Waals surface area (Å²) in [5.41, 5.74) is 5.75. The van der Waals surface area contributed by atoms with E-state index in [0.29, 0.717) is 0 Å². The van der Waals surface area contributed by atoms with E-state index in [1.807, 2.05) is 19.9 Å². The average molecular weight is 500 g/mol. The van der Waals surface area contributed by atoms with Gasteiger partial charge in [0.1, 0.15) is 23.0 Å². The summed E-state index contributed by atoms with van der Waals surface area (Å²) in [5.74, 6) is 3.59. The van der Waals surface area contributed by atoms with Gasteiger partial charge in [0.2, 0.25) is 0 Å². The largest absolute Gasteiger partial charge is 0.458 e. The van der Waals surface area contributed by atoms with Crippen LogP contribution in [0.3, 0.4) is 0 Å². The lowest BCUT2D eigenvalue weighted by molar-refractivity contribution is 0.465. The van der Waals surface area contributed by atoms with Crippen LogP contribution in [0.1, 0.15) is 13.8 Å². The molecule has 0 aromatic heterocycles. The van der Waals surface area contributed by atoms with Crippen LogP contribution in [-0.2, 0) is 0 Å². The number of fused-ring (bicyclic) bond motifs is 4. The lowest BCUT2D eigenvalue weighted by atomic mass is 9.34. The molecule has 0 aliphatic carbocycles. The minimum atomic E-state index is 0.0691. The van der Waals surface area contributed by atoms with Crippen molar-refractivity contribution in [1.29, 1.82) is 0 Å². The predicted molar refractivity (Wildman–Crippen MR) is 165 cm³/mol. The quantitative estimate of drug-likeness (QED) is 0.168. The highest BCUT2D eigenvalue weighted by Gasteiger charge is 2.41. The molecule has 2 aliphatic rings. The van der Waals surface area contributed by atoms with Gasteiger partial charge in [-0.1, -0.05) is 105 Å². The van der Waals surface area contributed by atoms with Gasteiger partial charge < -0.3 is 9.47 Å². The van der Waals surface area contributed by atoms with E-state index in [-0.39, 0.29) is 6.71 Å². The van der Waals surface area contributed by atoms with Crippen LogP contribution < -0.4 is 25.9 Å². The van der Waals surface area contributed by atoms with Gasteiger partial charge in [-0.25, -0.2) is 0 Å². The maximum Gasteiger partial charge on any atom is 0.260 e. The predicted octanol–water partition coefficient (Wildman–Crippen LogP) is 8.00. The first-order chi connectivity index (χ1) is 19.3. The zero-order valence-electron chi connectivity index (χ0n) is 21.9. The second kappa shape index (κ2) is 8.37. The Morgan fingerprint density at radius 3 is 1.79 bits per heavy atom. The SMILES string of the molecule is CC.c1ccc2c(c1)Oc1ccc(-c3ccc4ccc5cccc6ccc3c4c56)c3c1B2c1ccccc1O3. The monoisotopic (exact) mass is 500 g/mol. The van der Waals surface area contributed by atoms with Crippen molar-refractivity contribution >= 4 is 55.4 Å². The molecule has 0 bridgehead atoms. The number of hydrogen-bond acceptors (Lipinski definition) is 2. The van der Waals surface area contributed by atoms with E-state index in [9.17, 15) is 0 Å². The van der Waals surface area contributed by atoms with Gasteiger partial charge in [-0.05, 0) is 73.1 Å². The minimum absolute atomic E-state index is 0.0691. The molecule has 0 atom stereocenters. The fraction of sp³-hybridized carbons (Fsp3) is 0.0556. The zero-order valence-corrected chi connectivity index (χ0v) is 21.9. The summed E-state index contributed by atoms with van der Waals surface area (Å²) in [6.45, 7) is 4.07. The van der Waals surface area contributed by atoms with E-state index in [1.165, 1.54) is 48.8 Å². The summed E-state index contributed by atoms with van der Waals surface area (Å²) in [6, 6.07) is 41.1. The molecule has 0 saturated carbocycles. The first-order valence-electron chi connectivity index (χ1n) is 13.7. The Labute approximate surface area is 227 Å². The number of ether oxygens (including phenoxy) is 2. The molecule has 3 heteroatoms. The summed E-state index contributed by atoms with van der Waals surface area (Å²) < 4.78 is 13.2. The van der Waals surface area contributed by atoms with Crippen molar-refractivity contribution in [1.82, 2.24) is 0 Å². The van der Waals surface area contributed by atoms with Gasteiger partial charge in [-0.2, -0.15) is 0 Å². The van der Waals surface area contributed by atoms with Crippen molar-refractivity contribution in [2.75, 3.05) is 0 Å². The van der Waals surface area contributed by atoms with Crippen LogP contribution >= 0.6 is 0 Å². The van der Waals surface area contributed by atoms with Crippen molar-refractivity contribution in [3.05, 3.63) is 115 Å². The molecule has 0 fully saturated rings. The van der Waals surface area contributed by atoms with E-state index in [2.05, 4.69) is 109 Å². The van der Waals surface area contributed by atoms with Crippen molar-refractivity contribution in [2.24, 2.45) is 0 Å². The van der Waals surface area contributed by atoms with Crippen molar-refractivity contribution in [3.8, 4) is 34.1 Å². The Kier molecular flexibility index (Phi) is 4.78. The number of para-hydroxylation sites is 2. The maximum absolute atomic E-state index is 6.74. The van der Waals surface area contributed by atoms with Crippen LogP contribution in [0.15, 0.2) is 115 Å². The molecule has 9 rings (SSSR count). The zero-order chi connectivity index (χ0) is 26.1. The fourth-order valence-corrected chi connectivity index (χ4v) is 6.57. The van der Waals surface area contributed by atoms with Gasteiger partial charge in [0.15, 0.2) is 0 Å². The van der Waals surface area contributed by atoms with Crippen molar-refractivity contribution < 1.29 is 9.47 Å². The Balaban J connectivity index is 0.00000115. The number of benzene rings is 7. The second-order valence-electron chi connectivity index (χ2n) is 10.0. The summed E-state index contributed by atoms with van der Waals surface area (Å²) in [7, 11) is 0. The molecule has 0 unspecified atom stereocenters. The van der Waals surface area contributed by atoms with Gasteiger partial charge in [-0.15, -0.1) is 0 Å². The van der Waals surface area contributed by atoms with Crippen molar-refractivity contribution in [3.63, 3.8) is 0 Å². The van der Waals surface area contributed by atoms with Gasteiger partial charge in [-0.3, -0.25) is 0 Å². The van der Waals surface area contributed by atoms with E-state index in [1.54, 1.807) is 0 Å². The Bertz CT molecular complexity index is 2030. The molecule has 2 aliphatic heterocycles. The first-order valence-corrected chi connectivity index (χ1v) is 13.7. The number of rotatable bonds is 1. The molecule has 0 saturated heterocycles. The van der Waals surface area contributed by atoms with E-state index < -0.39 is 0 Å². The molecule has 0 N–H and O–H groups in total. The smallest absolute Gasteiger partial charge is 0.260 e. The maximum atomic E-state index is 6.74. The molecule has 2 nitrogen and oxygen atoms in total. The Hall–Kier alpha value is -4.76. The molecule has 7 aromatic rings.